The summed E-state index contributed by atoms with van der Waals surface area (Å²) in [4.78, 5) is 30.8. The molecular formula is C20H17N3O3S. The number of amides is 1. The van der Waals surface area contributed by atoms with Gasteiger partial charge in [0, 0.05) is 7.05 Å². The van der Waals surface area contributed by atoms with Crippen molar-refractivity contribution in [1.82, 2.24) is 14.9 Å². The van der Waals surface area contributed by atoms with Crippen molar-refractivity contribution in [2.24, 2.45) is 7.05 Å². The second kappa shape index (κ2) is 6.85. The van der Waals surface area contributed by atoms with Crippen molar-refractivity contribution in [3.8, 4) is 0 Å². The molecule has 0 saturated heterocycles. The molecule has 6 nitrogen and oxygen atoms in total. The number of fused-ring (bicyclic) bond motifs is 1. The number of thiophene rings is 1. The standard InChI is InChI=1S/C20H17N3O3S/c1-12-15-19(21-11-23(2)20(15)25)27-17(12)18(24)22-16(14-9-6-10-26-14)13-7-4-3-5-8-13/h3-11,16H,1-2H3,(H,22,24). The molecule has 1 unspecified atom stereocenters. The number of aryl methyl sites for hydroxylation is 2. The summed E-state index contributed by atoms with van der Waals surface area (Å²) in [5, 5.41) is 3.52. The number of carbonyl (C=O) groups excluding carboxylic acids is 1. The van der Waals surface area contributed by atoms with E-state index in [0.717, 1.165) is 5.56 Å². The fourth-order valence-electron chi connectivity index (χ4n) is 3.04. The van der Waals surface area contributed by atoms with Crippen LogP contribution in [0.3, 0.4) is 0 Å². The van der Waals surface area contributed by atoms with Crippen LogP contribution in [0.4, 0.5) is 0 Å². The number of rotatable bonds is 4. The molecule has 0 spiro atoms. The molecular weight excluding hydrogens is 362 g/mol. The van der Waals surface area contributed by atoms with Crippen LogP contribution in [-0.4, -0.2) is 15.5 Å². The number of furan rings is 1. The van der Waals surface area contributed by atoms with Crippen molar-refractivity contribution in [2.45, 2.75) is 13.0 Å². The van der Waals surface area contributed by atoms with Crippen molar-refractivity contribution >= 4 is 27.5 Å². The quantitative estimate of drug-likeness (QED) is 0.589. The van der Waals surface area contributed by atoms with Gasteiger partial charge in [0.05, 0.1) is 22.9 Å². The number of nitrogens with one attached hydrogen (secondary N) is 1. The van der Waals surface area contributed by atoms with Crippen molar-refractivity contribution in [3.05, 3.63) is 87.2 Å². The Labute approximate surface area is 159 Å². The van der Waals surface area contributed by atoms with E-state index in [-0.39, 0.29) is 11.5 Å². The second-order valence-corrected chi connectivity index (χ2v) is 7.23. The Hall–Kier alpha value is -3.19. The minimum atomic E-state index is -0.422. The fourth-order valence-corrected chi connectivity index (χ4v) is 4.08. The first-order valence-corrected chi connectivity index (χ1v) is 9.22. The van der Waals surface area contributed by atoms with E-state index in [1.54, 1.807) is 26.3 Å². The number of hydrogen-bond acceptors (Lipinski definition) is 5. The van der Waals surface area contributed by atoms with E-state index in [4.69, 9.17) is 4.42 Å². The van der Waals surface area contributed by atoms with Gasteiger partial charge in [0.25, 0.3) is 11.5 Å². The number of aromatic nitrogens is 2. The average molecular weight is 379 g/mol. The molecule has 1 aromatic carbocycles. The van der Waals surface area contributed by atoms with Crippen molar-refractivity contribution in [1.29, 1.82) is 0 Å². The predicted octanol–water partition coefficient (Wildman–Crippen LogP) is 3.42. The topological polar surface area (TPSA) is 77.1 Å². The van der Waals surface area contributed by atoms with Gasteiger partial charge in [0.15, 0.2) is 0 Å². The number of carbonyl (C=O) groups is 1. The molecule has 4 rings (SSSR count). The first-order chi connectivity index (χ1) is 13.1. The van der Waals surface area contributed by atoms with Crippen LogP contribution < -0.4 is 10.9 Å². The van der Waals surface area contributed by atoms with E-state index >= 15 is 0 Å². The summed E-state index contributed by atoms with van der Waals surface area (Å²) >= 11 is 1.22. The maximum absolute atomic E-state index is 13.0. The van der Waals surface area contributed by atoms with E-state index in [1.807, 2.05) is 36.4 Å². The maximum atomic E-state index is 13.0. The molecule has 0 fully saturated rings. The van der Waals surface area contributed by atoms with E-state index < -0.39 is 6.04 Å². The Bertz CT molecular complexity index is 1160. The van der Waals surface area contributed by atoms with Gasteiger partial charge < -0.3 is 14.3 Å². The Morgan fingerprint density at radius 2 is 2.00 bits per heavy atom. The highest BCUT2D eigenvalue weighted by Gasteiger charge is 2.24. The molecule has 0 aliphatic rings. The monoisotopic (exact) mass is 379 g/mol. The summed E-state index contributed by atoms with van der Waals surface area (Å²) in [6.07, 6.45) is 3.05. The third kappa shape index (κ3) is 3.06. The van der Waals surface area contributed by atoms with Crippen LogP contribution in [0.25, 0.3) is 10.2 Å². The highest BCUT2D eigenvalue weighted by molar-refractivity contribution is 7.20. The van der Waals surface area contributed by atoms with Crippen molar-refractivity contribution in [3.63, 3.8) is 0 Å². The van der Waals surface area contributed by atoms with Crippen molar-refractivity contribution in [2.75, 3.05) is 0 Å². The van der Waals surface area contributed by atoms with Crippen LogP contribution in [0, 0.1) is 6.92 Å². The van der Waals surface area contributed by atoms with Gasteiger partial charge in [-0.2, -0.15) is 0 Å². The lowest BCUT2D eigenvalue weighted by Gasteiger charge is -2.17. The first-order valence-electron chi connectivity index (χ1n) is 8.40. The van der Waals surface area contributed by atoms with Gasteiger partial charge in [-0.3, -0.25) is 9.59 Å². The number of benzene rings is 1. The maximum Gasteiger partial charge on any atom is 0.262 e. The Morgan fingerprint density at radius 1 is 1.22 bits per heavy atom. The Balaban J connectivity index is 1.74. The largest absolute Gasteiger partial charge is 0.467 e. The molecule has 0 saturated carbocycles. The second-order valence-electron chi connectivity index (χ2n) is 6.23. The van der Waals surface area contributed by atoms with Gasteiger partial charge >= 0.3 is 0 Å². The summed E-state index contributed by atoms with van der Waals surface area (Å²) in [6, 6.07) is 12.8. The summed E-state index contributed by atoms with van der Waals surface area (Å²) in [5.41, 5.74) is 1.40. The average Bonchev–Trinajstić information content (AvgIpc) is 3.32. The Kier molecular flexibility index (Phi) is 4.37. The van der Waals surface area contributed by atoms with E-state index in [9.17, 15) is 9.59 Å². The normalized spacial score (nSPS) is 12.2. The van der Waals surface area contributed by atoms with Crippen LogP contribution in [0.1, 0.15) is 32.6 Å². The SMILES string of the molecule is Cc1c(C(=O)NC(c2ccccc2)c2ccco2)sc2ncn(C)c(=O)c12. The van der Waals surface area contributed by atoms with Gasteiger partial charge in [-0.15, -0.1) is 11.3 Å². The van der Waals surface area contributed by atoms with Crippen LogP contribution in [0.15, 0.2) is 64.3 Å². The molecule has 0 bridgehead atoms. The lowest BCUT2D eigenvalue weighted by molar-refractivity contribution is 0.0942. The number of hydrogen-bond donors (Lipinski definition) is 1. The smallest absolute Gasteiger partial charge is 0.262 e. The third-order valence-electron chi connectivity index (χ3n) is 4.45. The van der Waals surface area contributed by atoms with Gasteiger partial charge in [-0.05, 0) is 30.2 Å². The van der Waals surface area contributed by atoms with Gasteiger partial charge in [-0.1, -0.05) is 30.3 Å². The molecule has 1 N–H and O–H groups in total. The van der Waals surface area contributed by atoms with Gasteiger partial charge in [0.1, 0.15) is 16.6 Å². The lowest BCUT2D eigenvalue weighted by Crippen LogP contribution is -2.29. The molecule has 1 atom stereocenters. The predicted molar refractivity (Wildman–Crippen MR) is 104 cm³/mol. The minimum absolute atomic E-state index is 0.154. The van der Waals surface area contributed by atoms with Crippen LogP contribution in [0.5, 0.6) is 0 Å². The van der Waals surface area contributed by atoms with Gasteiger partial charge in [-0.25, -0.2) is 4.98 Å². The third-order valence-corrected chi connectivity index (χ3v) is 5.65. The fraction of sp³-hybridized carbons (Fsp3) is 0.150. The van der Waals surface area contributed by atoms with Crippen LogP contribution in [0.2, 0.25) is 0 Å². The molecule has 4 aromatic rings. The summed E-state index contributed by atoms with van der Waals surface area (Å²) < 4.78 is 6.95. The van der Waals surface area contributed by atoms with E-state index in [1.165, 1.54) is 22.2 Å². The Morgan fingerprint density at radius 3 is 2.70 bits per heavy atom. The van der Waals surface area contributed by atoms with Gasteiger partial charge in [0.2, 0.25) is 0 Å². The number of nitrogens with zero attached hydrogens (tertiary/aromatic N) is 2. The highest BCUT2D eigenvalue weighted by Crippen LogP contribution is 2.29. The molecule has 0 radical (unpaired) electrons. The summed E-state index contributed by atoms with van der Waals surface area (Å²) in [5.74, 6) is 0.380. The van der Waals surface area contributed by atoms with Crippen LogP contribution >= 0.6 is 11.3 Å². The highest BCUT2D eigenvalue weighted by atomic mass is 32.1. The zero-order valence-electron chi connectivity index (χ0n) is 14.8. The molecule has 0 aliphatic carbocycles. The molecule has 0 aliphatic heterocycles. The molecule has 7 heteroatoms. The zero-order valence-corrected chi connectivity index (χ0v) is 15.6. The van der Waals surface area contributed by atoms with E-state index in [0.29, 0.717) is 26.4 Å². The van der Waals surface area contributed by atoms with Crippen molar-refractivity contribution < 1.29 is 9.21 Å². The summed E-state index contributed by atoms with van der Waals surface area (Å²) in [6.45, 7) is 1.78. The molecule has 3 heterocycles. The summed E-state index contributed by atoms with van der Waals surface area (Å²) in [7, 11) is 1.65. The molecule has 3 aromatic heterocycles. The molecule has 1 amide bonds. The van der Waals surface area contributed by atoms with Crippen LogP contribution in [-0.2, 0) is 7.05 Å². The lowest BCUT2D eigenvalue weighted by atomic mass is 10.0. The molecule has 27 heavy (non-hydrogen) atoms. The first kappa shape index (κ1) is 17.2. The minimum Gasteiger partial charge on any atom is -0.467 e. The van der Waals surface area contributed by atoms with E-state index in [2.05, 4.69) is 10.3 Å². The zero-order chi connectivity index (χ0) is 19.0. The molecule has 136 valence electrons.